The first-order valence-electron chi connectivity index (χ1n) is 5.35. The molecule has 0 bridgehead atoms. The van der Waals surface area contributed by atoms with Crippen molar-refractivity contribution in [1.82, 2.24) is 5.32 Å². The zero-order valence-electron chi connectivity index (χ0n) is 8.56. The van der Waals surface area contributed by atoms with Gasteiger partial charge in [-0.05, 0) is 19.3 Å². The molecule has 2 fully saturated rings. The largest absolute Gasteiger partial charge is 0.354 e. The molecule has 15 heavy (non-hydrogen) atoms. The van der Waals surface area contributed by atoms with Gasteiger partial charge in [-0.25, -0.2) is 8.78 Å². The van der Waals surface area contributed by atoms with E-state index in [0.29, 0.717) is 6.54 Å². The maximum atomic E-state index is 12.5. The van der Waals surface area contributed by atoms with Crippen LogP contribution in [-0.2, 0) is 4.79 Å². The molecule has 1 amide bonds. The molecule has 3 nitrogen and oxygen atoms in total. The molecule has 0 atom stereocenters. The number of carbonyl (C=O) groups excluding carboxylic acids is 1. The second-order valence-corrected chi connectivity index (χ2v) is 4.89. The standard InChI is InChI=1S/C10H16F2N2O/c11-10(12)4-7(5-10)8(15)14-6-9(13)2-1-3-9/h7H,1-6,13H2,(H,14,15). The molecule has 0 aliphatic heterocycles. The molecule has 0 saturated heterocycles. The molecule has 3 N–H and O–H groups in total. The minimum atomic E-state index is -2.63. The van der Waals surface area contributed by atoms with Gasteiger partial charge in [0.2, 0.25) is 11.8 Å². The molecular formula is C10H16F2N2O. The lowest BCUT2D eigenvalue weighted by Crippen LogP contribution is -2.56. The number of hydrogen-bond acceptors (Lipinski definition) is 2. The average Bonchev–Trinajstić information content (AvgIpc) is 2.07. The van der Waals surface area contributed by atoms with Gasteiger partial charge in [-0.1, -0.05) is 0 Å². The second-order valence-electron chi connectivity index (χ2n) is 4.89. The molecule has 0 heterocycles. The summed E-state index contributed by atoms with van der Waals surface area (Å²) in [6.45, 7) is 0.425. The van der Waals surface area contributed by atoms with Gasteiger partial charge in [0.25, 0.3) is 0 Å². The Balaban J connectivity index is 1.70. The number of hydrogen-bond donors (Lipinski definition) is 2. The number of carbonyl (C=O) groups is 1. The predicted octanol–water partition coefficient (Wildman–Crippen LogP) is 1.03. The lowest BCUT2D eigenvalue weighted by atomic mass is 9.77. The van der Waals surface area contributed by atoms with Crippen molar-refractivity contribution in [3.05, 3.63) is 0 Å². The molecule has 2 aliphatic rings. The lowest BCUT2D eigenvalue weighted by Gasteiger charge is -2.39. The third kappa shape index (κ3) is 2.27. The maximum Gasteiger partial charge on any atom is 0.249 e. The fourth-order valence-corrected chi connectivity index (χ4v) is 2.06. The van der Waals surface area contributed by atoms with Crippen molar-refractivity contribution in [1.29, 1.82) is 0 Å². The first-order valence-corrected chi connectivity index (χ1v) is 5.35. The SMILES string of the molecule is NC1(CNC(=O)C2CC(F)(F)C2)CCC1. The molecule has 5 heteroatoms. The van der Waals surface area contributed by atoms with Crippen LogP contribution in [0.2, 0.25) is 0 Å². The average molecular weight is 218 g/mol. The molecule has 0 aromatic carbocycles. The van der Waals surface area contributed by atoms with E-state index in [1.165, 1.54) is 0 Å². The van der Waals surface area contributed by atoms with Crippen LogP contribution >= 0.6 is 0 Å². The summed E-state index contributed by atoms with van der Waals surface area (Å²) in [7, 11) is 0. The minimum Gasteiger partial charge on any atom is -0.354 e. The van der Waals surface area contributed by atoms with Crippen LogP contribution in [0.1, 0.15) is 32.1 Å². The highest BCUT2D eigenvalue weighted by Crippen LogP contribution is 2.42. The van der Waals surface area contributed by atoms with Crippen molar-refractivity contribution < 1.29 is 13.6 Å². The number of nitrogens with two attached hydrogens (primary N) is 1. The summed E-state index contributed by atoms with van der Waals surface area (Å²) >= 11 is 0. The summed E-state index contributed by atoms with van der Waals surface area (Å²) in [6.07, 6.45) is 2.29. The fourth-order valence-electron chi connectivity index (χ4n) is 2.06. The van der Waals surface area contributed by atoms with Crippen molar-refractivity contribution in [2.75, 3.05) is 6.54 Å². The molecule has 0 aromatic heterocycles. The number of nitrogens with one attached hydrogen (secondary N) is 1. The molecule has 0 unspecified atom stereocenters. The van der Waals surface area contributed by atoms with Gasteiger partial charge in [-0.3, -0.25) is 4.79 Å². The Hall–Kier alpha value is -0.710. The van der Waals surface area contributed by atoms with Crippen LogP contribution in [0.4, 0.5) is 8.78 Å². The molecule has 0 spiro atoms. The van der Waals surface area contributed by atoms with E-state index in [1.807, 2.05) is 0 Å². The molecule has 2 rings (SSSR count). The van der Waals surface area contributed by atoms with Gasteiger partial charge in [0.15, 0.2) is 0 Å². The van der Waals surface area contributed by atoms with Crippen LogP contribution in [-0.4, -0.2) is 23.9 Å². The van der Waals surface area contributed by atoms with E-state index in [4.69, 9.17) is 5.73 Å². The highest BCUT2D eigenvalue weighted by Gasteiger charge is 2.48. The van der Waals surface area contributed by atoms with Crippen molar-refractivity contribution in [3.8, 4) is 0 Å². The number of alkyl halides is 2. The van der Waals surface area contributed by atoms with E-state index in [9.17, 15) is 13.6 Å². The van der Waals surface area contributed by atoms with E-state index in [1.54, 1.807) is 0 Å². The quantitative estimate of drug-likeness (QED) is 0.743. The van der Waals surface area contributed by atoms with E-state index >= 15 is 0 Å². The molecule has 2 aliphatic carbocycles. The highest BCUT2D eigenvalue weighted by atomic mass is 19.3. The molecule has 86 valence electrons. The Morgan fingerprint density at radius 1 is 1.40 bits per heavy atom. The molecule has 0 aromatic rings. The summed E-state index contributed by atoms with van der Waals surface area (Å²) < 4.78 is 25.0. The van der Waals surface area contributed by atoms with Crippen LogP contribution in [0.5, 0.6) is 0 Å². The highest BCUT2D eigenvalue weighted by molar-refractivity contribution is 5.79. The van der Waals surface area contributed by atoms with Crippen LogP contribution in [0, 0.1) is 5.92 Å². The Morgan fingerprint density at radius 3 is 2.40 bits per heavy atom. The first-order chi connectivity index (χ1) is 6.90. The zero-order valence-corrected chi connectivity index (χ0v) is 8.56. The van der Waals surface area contributed by atoms with Crippen molar-refractivity contribution in [2.24, 2.45) is 11.7 Å². The Morgan fingerprint density at radius 2 is 2.00 bits per heavy atom. The van der Waals surface area contributed by atoms with E-state index in [2.05, 4.69) is 5.32 Å². The monoisotopic (exact) mass is 218 g/mol. The number of halogens is 2. The third-order valence-electron chi connectivity index (χ3n) is 3.42. The second kappa shape index (κ2) is 3.40. The Kier molecular flexibility index (Phi) is 2.45. The summed E-state index contributed by atoms with van der Waals surface area (Å²) in [5, 5.41) is 2.67. The first kappa shape index (κ1) is 10.8. The molecular weight excluding hydrogens is 202 g/mol. The predicted molar refractivity (Wildman–Crippen MR) is 51.5 cm³/mol. The van der Waals surface area contributed by atoms with Gasteiger partial charge in [-0.2, -0.15) is 0 Å². The van der Waals surface area contributed by atoms with Crippen LogP contribution in [0.15, 0.2) is 0 Å². The maximum absolute atomic E-state index is 12.5. The van der Waals surface area contributed by atoms with Gasteiger partial charge in [0.1, 0.15) is 0 Å². The van der Waals surface area contributed by atoms with Crippen LogP contribution in [0.25, 0.3) is 0 Å². The fraction of sp³-hybridized carbons (Fsp3) is 0.900. The summed E-state index contributed by atoms with van der Waals surface area (Å²) in [5.74, 6) is -3.40. The van der Waals surface area contributed by atoms with Gasteiger partial charge < -0.3 is 11.1 Å². The Labute approximate surface area is 87.4 Å². The smallest absolute Gasteiger partial charge is 0.249 e. The third-order valence-corrected chi connectivity index (χ3v) is 3.42. The van der Waals surface area contributed by atoms with Gasteiger partial charge in [-0.15, -0.1) is 0 Å². The normalized spacial score (nSPS) is 27.7. The van der Waals surface area contributed by atoms with E-state index in [0.717, 1.165) is 19.3 Å². The number of amides is 1. The molecule has 2 saturated carbocycles. The topological polar surface area (TPSA) is 55.1 Å². The van der Waals surface area contributed by atoms with Gasteiger partial charge in [0.05, 0.1) is 0 Å². The molecule has 0 radical (unpaired) electrons. The minimum absolute atomic E-state index is 0.266. The van der Waals surface area contributed by atoms with Gasteiger partial charge in [0, 0.05) is 30.8 Å². The van der Waals surface area contributed by atoms with Crippen molar-refractivity contribution >= 4 is 5.91 Å². The summed E-state index contributed by atoms with van der Waals surface area (Å²) in [5.41, 5.74) is 5.63. The Bertz CT molecular complexity index is 269. The van der Waals surface area contributed by atoms with Crippen LogP contribution in [0.3, 0.4) is 0 Å². The van der Waals surface area contributed by atoms with Crippen LogP contribution < -0.4 is 11.1 Å². The van der Waals surface area contributed by atoms with Gasteiger partial charge >= 0.3 is 0 Å². The van der Waals surface area contributed by atoms with E-state index < -0.39 is 11.8 Å². The van der Waals surface area contributed by atoms with Crippen molar-refractivity contribution in [2.45, 2.75) is 43.6 Å². The van der Waals surface area contributed by atoms with Crippen molar-refractivity contribution in [3.63, 3.8) is 0 Å². The number of rotatable bonds is 3. The van der Waals surface area contributed by atoms with E-state index in [-0.39, 0.29) is 24.3 Å². The summed E-state index contributed by atoms with van der Waals surface area (Å²) in [6, 6.07) is 0. The zero-order chi connectivity index (χ0) is 11.1. The summed E-state index contributed by atoms with van der Waals surface area (Å²) in [4.78, 5) is 11.4. The lowest BCUT2D eigenvalue weighted by molar-refractivity contribution is -0.150.